The molecule has 0 unspecified atom stereocenters. The summed E-state index contributed by atoms with van der Waals surface area (Å²) < 4.78 is 5.16. The van der Waals surface area contributed by atoms with Gasteiger partial charge in [-0.2, -0.15) is 0 Å². The van der Waals surface area contributed by atoms with E-state index in [9.17, 15) is 0 Å². The highest BCUT2D eigenvalue weighted by molar-refractivity contribution is 6.32. The van der Waals surface area contributed by atoms with E-state index in [0.717, 1.165) is 11.4 Å². The molecule has 3 heteroatoms. The van der Waals surface area contributed by atoms with Crippen molar-refractivity contribution >= 4 is 17.3 Å². The van der Waals surface area contributed by atoms with Crippen molar-refractivity contribution in [3.8, 4) is 5.75 Å². The Morgan fingerprint density at radius 2 is 1.94 bits per heavy atom. The third-order valence-electron chi connectivity index (χ3n) is 3.86. The van der Waals surface area contributed by atoms with Crippen LogP contribution in [0.2, 0.25) is 5.02 Å². The van der Waals surface area contributed by atoms with Crippen LogP contribution in [0.25, 0.3) is 0 Å². The highest BCUT2D eigenvalue weighted by Crippen LogP contribution is 2.36. The van der Waals surface area contributed by atoms with Gasteiger partial charge >= 0.3 is 0 Å². The second-order valence-corrected chi connectivity index (χ2v) is 6.34. The first-order valence-electron chi connectivity index (χ1n) is 6.60. The zero-order chi connectivity index (χ0) is 13.2. The van der Waals surface area contributed by atoms with Crippen molar-refractivity contribution in [2.45, 2.75) is 45.6 Å². The van der Waals surface area contributed by atoms with E-state index >= 15 is 0 Å². The second-order valence-electron chi connectivity index (χ2n) is 5.93. The SMILES string of the molecule is COc1ccc(NC2CCC(C)(C)CC2)cc1Cl. The Morgan fingerprint density at radius 3 is 2.50 bits per heavy atom. The predicted octanol–water partition coefficient (Wildman–Crippen LogP) is 4.73. The second kappa shape index (κ2) is 5.40. The number of rotatable bonds is 3. The van der Waals surface area contributed by atoms with Crippen LogP contribution >= 0.6 is 11.6 Å². The number of hydrogen-bond donors (Lipinski definition) is 1. The molecule has 18 heavy (non-hydrogen) atoms. The fraction of sp³-hybridized carbons (Fsp3) is 0.600. The fourth-order valence-corrected chi connectivity index (χ4v) is 2.79. The average molecular weight is 268 g/mol. The maximum Gasteiger partial charge on any atom is 0.137 e. The van der Waals surface area contributed by atoms with Crippen LogP contribution in [0.4, 0.5) is 5.69 Å². The van der Waals surface area contributed by atoms with Crippen molar-refractivity contribution < 1.29 is 4.74 Å². The smallest absolute Gasteiger partial charge is 0.137 e. The summed E-state index contributed by atoms with van der Waals surface area (Å²) in [5, 5.41) is 4.24. The topological polar surface area (TPSA) is 21.3 Å². The van der Waals surface area contributed by atoms with E-state index in [0.29, 0.717) is 16.5 Å². The monoisotopic (exact) mass is 267 g/mol. The lowest BCUT2D eigenvalue weighted by atomic mass is 9.75. The van der Waals surface area contributed by atoms with Crippen molar-refractivity contribution in [2.75, 3.05) is 12.4 Å². The average Bonchev–Trinajstić information content (AvgIpc) is 2.32. The van der Waals surface area contributed by atoms with Gasteiger partial charge in [0.1, 0.15) is 5.75 Å². The molecular weight excluding hydrogens is 246 g/mol. The van der Waals surface area contributed by atoms with Crippen molar-refractivity contribution in [1.82, 2.24) is 0 Å². The molecule has 1 aliphatic rings. The van der Waals surface area contributed by atoms with E-state index < -0.39 is 0 Å². The van der Waals surface area contributed by atoms with Crippen LogP contribution in [-0.4, -0.2) is 13.2 Å². The van der Waals surface area contributed by atoms with Crippen LogP contribution in [0.5, 0.6) is 5.75 Å². The van der Waals surface area contributed by atoms with Crippen molar-refractivity contribution in [3.63, 3.8) is 0 Å². The lowest BCUT2D eigenvalue weighted by Crippen LogP contribution is -2.29. The summed E-state index contributed by atoms with van der Waals surface area (Å²) in [6.07, 6.45) is 5.04. The molecule has 0 atom stereocenters. The van der Waals surface area contributed by atoms with Crippen LogP contribution in [-0.2, 0) is 0 Å². The van der Waals surface area contributed by atoms with Crippen molar-refractivity contribution in [2.24, 2.45) is 5.41 Å². The molecule has 0 saturated heterocycles. The van der Waals surface area contributed by atoms with Crippen molar-refractivity contribution in [3.05, 3.63) is 23.2 Å². The van der Waals surface area contributed by atoms with Gasteiger partial charge in [-0.1, -0.05) is 25.4 Å². The molecule has 0 aliphatic heterocycles. The first kappa shape index (κ1) is 13.5. The molecule has 1 N–H and O–H groups in total. The Balaban J connectivity index is 1.96. The largest absolute Gasteiger partial charge is 0.495 e. The number of nitrogens with one attached hydrogen (secondary N) is 1. The summed E-state index contributed by atoms with van der Waals surface area (Å²) in [6, 6.07) is 6.46. The number of halogens is 1. The van der Waals surface area contributed by atoms with Gasteiger partial charge in [0, 0.05) is 11.7 Å². The predicted molar refractivity (Wildman–Crippen MR) is 77.7 cm³/mol. The summed E-state index contributed by atoms with van der Waals surface area (Å²) in [7, 11) is 1.64. The number of benzene rings is 1. The maximum absolute atomic E-state index is 6.13. The summed E-state index contributed by atoms with van der Waals surface area (Å²) in [4.78, 5) is 0. The lowest BCUT2D eigenvalue weighted by molar-refractivity contribution is 0.232. The fourth-order valence-electron chi connectivity index (χ4n) is 2.54. The van der Waals surface area contributed by atoms with Gasteiger partial charge in [0.05, 0.1) is 12.1 Å². The molecule has 1 saturated carbocycles. The lowest BCUT2D eigenvalue weighted by Gasteiger charge is -2.35. The van der Waals surface area contributed by atoms with E-state index in [1.165, 1.54) is 25.7 Å². The molecule has 0 bridgehead atoms. The highest BCUT2D eigenvalue weighted by Gasteiger charge is 2.26. The van der Waals surface area contributed by atoms with E-state index in [1.54, 1.807) is 7.11 Å². The number of ether oxygens (including phenoxy) is 1. The van der Waals surface area contributed by atoms with Gasteiger partial charge in [0.25, 0.3) is 0 Å². The quantitative estimate of drug-likeness (QED) is 0.855. The molecule has 1 aliphatic carbocycles. The molecule has 100 valence electrons. The zero-order valence-corrected chi connectivity index (χ0v) is 12.2. The number of hydrogen-bond acceptors (Lipinski definition) is 2. The van der Waals surface area contributed by atoms with Gasteiger partial charge in [0.15, 0.2) is 0 Å². The van der Waals surface area contributed by atoms with Crippen LogP contribution in [0.3, 0.4) is 0 Å². The van der Waals surface area contributed by atoms with E-state index in [1.807, 2.05) is 18.2 Å². The Morgan fingerprint density at radius 1 is 1.28 bits per heavy atom. The normalized spacial score (nSPS) is 19.6. The first-order chi connectivity index (χ1) is 8.50. The summed E-state index contributed by atoms with van der Waals surface area (Å²) in [6.45, 7) is 4.71. The molecule has 1 aromatic carbocycles. The van der Waals surface area contributed by atoms with Gasteiger partial charge in [-0.3, -0.25) is 0 Å². The van der Waals surface area contributed by atoms with Crippen LogP contribution < -0.4 is 10.1 Å². The molecule has 0 spiro atoms. The van der Waals surface area contributed by atoms with Crippen LogP contribution in [0.1, 0.15) is 39.5 Å². The third-order valence-corrected chi connectivity index (χ3v) is 4.16. The molecule has 2 nitrogen and oxygen atoms in total. The third kappa shape index (κ3) is 3.32. The van der Waals surface area contributed by atoms with Gasteiger partial charge in [-0.15, -0.1) is 0 Å². The number of methoxy groups -OCH3 is 1. The Labute approximate surface area is 115 Å². The van der Waals surface area contributed by atoms with Gasteiger partial charge in [0.2, 0.25) is 0 Å². The highest BCUT2D eigenvalue weighted by atomic mass is 35.5. The minimum atomic E-state index is 0.510. The Bertz CT molecular complexity index is 407. The summed E-state index contributed by atoms with van der Waals surface area (Å²) in [5.41, 5.74) is 1.60. The van der Waals surface area contributed by atoms with Gasteiger partial charge in [-0.25, -0.2) is 0 Å². The summed E-state index contributed by atoms with van der Waals surface area (Å²) >= 11 is 6.13. The van der Waals surface area contributed by atoms with Gasteiger partial charge < -0.3 is 10.1 Å². The van der Waals surface area contributed by atoms with Crippen LogP contribution in [0, 0.1) is 5.41 Å². The molecule has 1 aromatic rings. The van der Waals surface area contributed by atoms with E-state index in [2.05, 4.69) is 19.2 Å². The van der Waals surface area contributed by atoms with Crippen LogP contribution in [0.15, 0.2) is 18.2 Å². The molecule has 2 rings (SSSR count). The van der Waals surface area contributed by atoms with E-state index in [4.69, 9.17) is 16.3 Å². The maximum atomic E-state index is 6.13. The Kier molecular flexibility index (Phi) is 4.06. The molecule has 1 fully saturated rings. The first-order valence-corrected chi connectivity index (χ1v) is 6.98. The van der Waals surface area contributed by atoms with Crippen molar-refractivity contribution in [1.29, 1.82) is 0 Å². The molecule has 0 amide bonds. The standard InChI is InChI=1S/C15H22ClNO/c1-15(2)8-6-11(7-9-15)17-12-4-5-14(18-3)13(16)10-12/h4-5,10-11,17H,6-9H2,1-3H3. The number of anilines is 1. The van der Waals surface area contributed by atoms with Gasteiger partial charge in [-0.05, 0) is 49.3 Å². The van der Waals surface area contributed by atoms with E-state index in [-0.39, 0.29) is 0 Å². The Hall–Kier alpha value is -0.890. The minimum Gasteiger partial charge on any atom is -0.495 e. The molecule has 0 aromatic heterocycles. The minimum absolute atomic E-state index is 0.510. The molecule has 0 radical (unpaired) electrons. The summed E-state index contributed by atoms with van der Waals surface area (Å²) in [5.74, 6) is 0.729. The molecule has 0 heterocycles. The molecular formula is C15H22ClNO. The zero-order valence-electron chi connectivity index (χ0n) is 11.4.